The van der Waals surface area contributed by atoms with Gasteiger partial charge in [-0.25, -0.2) is 4.98 Å². The second-order valence-electron chi connectivity index (χ2n) is 4.23. The van der Waals surface area contributed by atoms with Gasteiger partial charge in [0, 0.05) is 0 Å². The van der Waals surface area contributed by atoms with Crippen LogP contribution in [0.15, 0.2) is 39.9 Å². The molecular formula is C13H10N4O4S. The first kappa shape index (κ1) is 14.0. The average molecular weight is 318 g/mol. The normalized spacial score (nSPS) is 11.8. The number of aromatic nitrogens is 1. The van der Waals surface area contributed by atoms with E-state index in [1.54, 1.807) is 13.2 Å². The number of thiazole rings is 1. The summed E-state index contributed by atoms with van der Waals surface area (Å²) in [6.07, 6.45) is 0. The van der Waals surface area contributed by atoms with Crippen molar-refractivity contribution >= 4 is 33.1 Å². The molecule has 3 rings (SSSR count). The van der Waals surface area contributed by atoms with E-state index in [4.69, 9.17) is 15.0 Å². The van der Waals surface area contributed by atoms with Crippen molar-refractivity contribution in [2.45, 2.75) is 0 Å². The van der Waals surface area contributed by atoms with Crippen LogP contribution in [0.1, 0.15) is 10.8 Å². The van der Waals surface area contributed by atoms with Gasteiger partial charge in [0.1, 0.15) is 15.7 Å². The maximum absolute atomic E-state index is 10.7. The Morgan fingerprint density at radius 2 is 2.27 bits per heavy atom. The molecule has 0 aliphatic heterocycles. The summed E-state index contributed by atoms with van der Waals surface area (Å²) >= 11 is 1.34. The second-order valence-corrected chi connectivity index (χ2v) is 5.26. The molecule has 0 fully saturated rings. The van der Waals surface area contributed by atoms with Crippen molar-refractivity contribution < 1.29 is 14.1 Å². The monoisotopic (exact) mass is 318 g/mol. The van der Waals surface area contributed by atoms with Crippen LogP contribution >= 0.6 is 11.3 Å². The summed E-state index contributed by atoms with van der Waals surface area (Å²) < 4.78 is 11.2. The van der Waals surface area contributed by atoms with Crippen LogP contribution in [0, 0.1) is 10.1 Å². The van der Waals surface area contributed by atoms with Gasteiger partial charge in [-0.2, -0.15) is 5.10 Å². The largest absolute Gasteiger partial charge is 0.497 e. The third-order valence-electron chi connectivity index (χ3n) is 2.93. The predicted molar refractivity (Wildman–Crippen MR) is 81.4 cm³/mol. The van der Waals surface area contributed by atoms with E-state index in [0.29, 0.717) is 10.8 Å². The Kier molecular flexibility index (Phi) is 3.47. The fourth-order valence-corrected chi connectivity index (χ4v) is 2.91. The van der Waals surface area contributed by atoms with Gasteiger partial charge in [0.15, 0.2) is 11.5 Å². The number of benzene rings is 1. The number of nitrogens with zero attached hydrogens (tertiary/aromatic N) is 3. The predicted octanol–water partition coefficient (Wildman–Crippen LogP) is 2.52. The number of hydrazone groups is 1. The van der Waals surface area contributed by atoms with E-state index in [-0.39, 0.29) is 17.4 Å². The number of furan rings is 1. The molecule has 0 saturated heterocycles. The number of hydrogen-bond donors (Lipinski definition) is 1. The second kappa shape index (κ2) is 5.45. The van der Waals surface area contributed by atoms with Crippen molar-refractivity contribution in [2.24, 2.45) is 10.9 Å². The Hall–Kier alpha value is -2.94. The number of hydrogen-bond acceptors (Lipinski definition) is 8. The van der Waals surface area contributed by atoms with Crippen molar-refractivity contribution in [1.29, 1.82) is 0 Å². The molecule has 0 unspecified atom stereocenters. The minimum absolute atomic E-state index is 0.195. The van der Waals surface area contributed by atoms with Crippen LogP contribution in [0.4, 0.5) is 5.88 Å². The maximum atomic E-state index is 10.7. The van der Waals surface area contributed by atoms with Gasteiger partial charge in [-0.3, -0.25) is 10.1 Å². The molecule has 0 amide bonds. The summed E-state index contributed by atoms with van der Waals surface area (Å²) in [6, 6.07) is 8.14. The number of rotatable bonds is 4. The van der Waals surface area contributed by atoms with Crippen LogP contribution in [0.2, 0.25) is 0 Å². The zero-order valence-electron chi connectivity index (χ0n) is 11.3. The molecule has 0 saturated carbocycles. The molecule has 8 nitrogen and oxygen atoms in total. The van der Waals surface area contributed by atoms with Gasteiger partial charge in [0.25, 0.3) is 0 Å². The van der Waals surface area contributed by atoms with E-state index in [0.717, 1.165) is 10.2 Å². The minimum atomic E-state index is -0.624. The molecule has 1 aromatic carbocycles. The van der Waals surface area contributed by atoms with E-state index in [2.05, 4.69) is 10.1 Å². The third-order valence-corrected chi connectivity index (χ3v) is 3.96. The number of nitro groups is 1. The van der Waals surface area contributed by atoms with Crippen LogP contribution in [-0.2, 0) is 0 Å². The molecule has 0 aliphatic carbocycles. The number of ether oxygens (including phenoxy) is 1. The quantitative estimate of drug-likeness (QED) is 0.342. The molecule has 2 aromatic heterocycles. The molecule has 2 heterocycles. The Balaban J connectivity index is 2.04. The highest BCUT2D eigenvalue weighted by atomic mass is 32.1. The molecule has 9 heteroatoms. The van der Waals surface area contributed by atoms with Gasteiger partial charge < -0.3 is 15.0 Å². The summed E-state index contributed by atoms with van der Waals surface area (Å²) in [5.41, 5.74) is 1.01. The summed E-state index contributed by atoms with van der Waals surface area (Å²) in [5, 5.41) is 14.9. The molecule has 2 N–H and O–H groups in total. The highest BCUT2D eigenvalue weighted by Gasteiger charge is 2.20. The summed E-state index contributed by atoms with van der Waals surface area (Å²) in [5.74, 6) is 5.93. The maximum Gasteiger partial charge on any atom is 0.433 e. The first-order valence-electron chi connectivity index (χ1n) is 6.10. The zero-order chi connectivity index (χ0) is 15.7. The SMILES string of the molecule is COc1ccc2nc(C(=NN)c3ccc([N+](=O)[O-])o3)sc2c1. The van der Waals surface area contributed by atoms with Crippen molar-refractivity contribution in [2.75, 3.05) is 7.11 Å². The van der Waals surface area contributed by atoms with Gasteiger partial charge in [-0.05, 0) is 24.3 Å². The lowest BCUT2D eigenvalue weighted by atomic mass is 10.3. The first-order valence-corrected chi connectivity index (χ1v) is 6.91. The fourth-order valence-electron chi connectivity index (χ4n) is 1.91. The van der Waals surface area contributed by atoms with Crippen molar-refractivity contribution in [3.63, 3.8) is 0 Å². The molecule has 0 spiro atoms. The lowest BCUT2D eigenvalue weighted by Crippen LogP contribution is -2.04. The van der Waals surface area contributed by atoms with Crippen molar-refractivity contribution in [3.8, 4) is 5.75 Å². The molecule has 0 radical (unpaired) electrons. The van der Waals surface area contributed by atoms with Crippen LogP contribution in [0.25, 0.3) is 10.2 Å². The van der Waals surface area contributed by atoms with E-state index in [9.17, 15) is 10.1 Å². The van der Waals surface area contributed by atoms with Crippen LogP contribution in [-0.4, -0.2) is 22.7 Å². The molecular weight excluding hydrogens is 308 g/mol. The molecule has 0 aliphatic rings. The zero-order valence-corrected chi connectivity index (χ0v) is 12.2. The Morgan fingerprint density at radius 1 is 1.45 bits per heavy atom. The van der Waals surface area contributed by atoms with Crippen LogP contribution < -0.4 is 10.6 Å². The summed E-state index contributed by atoms with van der Waals surface area (Å²) in [7, 11) is 1.58. The van der Waals surface area contributed by atoms with Gasteiger partial charge in [0.05, 0.1) is 23.4 Å². The Bertz CT molecular complexity index is 883. The molecule has 0 bridgehead atoms. The summed E-state index contributed by atoms with van der Waals surface area (Å²) in [4.78, 5) is 14.5. The number of fused-ring (bicyclic) bond motifs is 1. The standard InChI is InChI=1S/C13H10N4O4S/c1-20-7-2-3-8-10(6-7)22-13(15-8)12(16-14)9-4-5-11(21-9)17(18)19/h2-6H,14H2,1H3. The topological polar surface area (TPSA) is 117 Å². The lowest BCUT2D eigenvalue weighted by molar-refractivity contribution is -0.402. The van der Waals surface area contributed by atoms with E-state index in [1.807, 2.05) is 12.1 Å². The van der Waals surface area contributed by atoms with E-state index >= 15 is 0 Å². The van der Waals surface area contributed by atoms with Crippen molar-refractivity contribution in [3.05, 3.63) is 51.2 Å². The Labute approximate surface area is 128 Å². The smallest absolute Gasteiger partial charge is 0.433 e. The lowest BCUT2D eigenvalue weighted by Gasteiger charge is -1.96. The highest BCUT2D eigenvalue weighted by molar-refractivity contribution is 7.20. The van der Waals surface area contributed by atoms with Crippen LogP contribution in [0.5, 0.6) is 5.75 Å². The Morgan fingerprint density at radius 3 is 2.91 bits per heavy atom. The average Bonchev–Trinajstić information content (AvgIpc) is 3.14. The number of methoxy groups -OCH3 is 1. The summed E-state index contributed by atoms with van der Waals surface area (Å²) in [6.45, 7) is 0. The molecule has 3 aromatic rings. The molecule has 112 valence electrons. The van der Waals surface area contributed by atoms with Gasteiger partial charge in [-0.1, -0.05) is 0 Å². The number of nitrogens with two attached hydrogens (primary N) is 1. The fraction of sp³-hybridized carbons (Fsp3) is 0.0769. The van der Waals surface area contributed by atoms with Gasteiger partial charge in [0.2, 0.25) is 0 Å². The third kappa shape index (κ3) is 2.37. The van der Waals surface area contributed by atoms with Crippen LogP contribution in [0.3, 0.4) is 0 Å². The first-order chi connectivity index (χ1) is 10.6. The van der Waals surface area contributed by atoms with Gasteiger partial charge in [-0.15, -0.1) is 11.3 Å². The highest BCUT2D eigenvalue weighted by Crippen LogP contribution is 2.28. The minimum Gasteiger partial charge on any atom is -0.497 e. The molecule has 22 heavy (non-hydrogen) atoms. The van der Waals surface area contributed by atoms with Gasteiger partial charge >= 0.3 is 5.88 Å². The van der Waals surface area contributed by atoms with E-state index < -0.39 is 4.92 Å². The van der Waals surface area contributed by atoms with E-state index in [1.165, 1.54) is 23.5 Å². The van der Waals surface area contributed by atoms with Crippen molar-refractivity contribution in [1.82, 2.24) is 4.98 Å². The molecule has 0 atom stereocenters.